The molecule has 2 N–H and O–H groups in total. The van der Waals surface area contributed by atoms with Gasteiger partial charge in [-0.1, -0.05) is 25.1 Å². The number of likely N-dealkylation sites (tertiary alicyclic amines) is 1. The molecule has 2 unspecified atom stereocenters. The van der Waals surface area contributed by atoms with Gasteiger partial charge in [0.15, 0.2) is 0 Å². The predicted octanol–water partition coefficient (Wildman–Crippen LogP) is 1.75. The van der Waals surface area contributed by atoms with Gasteiger partial charge in [-0.3, -0.25) is 0 Å². The van der Waals surface area contributed by atoms with Crippen LogP contribution in [-0.2, 0) is 0 Å². The van der Waals surface area contributed by atoms with Crippen molar-refractivity contribution in [2.24, 2.45) is 5.92 Å². The third kappa shape index (κ3) is 6.46. The Bertz CT molecular complexity index is 380. The minimum absolute atomic E-state index is 0.331. The van der Waals surface area contributed by atoms with E-state index < -0.39 is 6.10 Å². The van der Waals surface area contributed by atoms with Gasteiger partial charge >= 0.3 is 0 Å². The number of nitrogens with one attached hydrogen (secondary N) is 1. The minimum atomic E-state index is -0.468. The van der Waals surface area contributed by atoms with Gasteiger partial charge in [-0.2, -0.15) is 0 Å². The van der Waals surface area contributed by atoms with Crippen LogP contribution in [0.3, 0.4) is 0 Å². The SMILES string of the molecule is CC(CNCC(O)COc1ccccc1)CN1CCCC1. The van der Waals surface area contributed by atoms with Gasteiger partial charge < -0.3 is 20.1 Å². The zero-order valence-electron chi connectivity index (χ0n) is 13.0. The van der Waals surface area contributed by atoms with Crippen LogP contribution in [-0.4, -0.2) is 55.4 Å². The summed E-state index contributed by atoms with van der Waals surface area (Å²) in [4.78, 5) is 2.53. The van der Waals surface area contributed by atoms with E-state index in [1.165, 1.54) is 25.9 Å². The molecule has 1 aliphatic heterocycles. The molecule has 118 valence electrons. The second kappa shape index (κ2) is 9.03. The number of hydrogen-bond donors (Lipinski definition) is 2. The van der Waals surface area contributed by atoms with E-state index in [2.05, 4.69) is 17.1 Å². The molecule has 1 aromatic carbocycles. The molecule has 0 spiro atoms. The van der Waals surface area contributed by atoms with Crippen LogP contribution < -0.4 is 10.1 Å². The van der Waals surface area contributed by atoms with E-state index in [0.717, 1.165) is 18.8 Å². The summed E-state index contributed by atoms with van der Waals surface area (Å²) in [6.45, 7) is 7.77. The van der Waals surface area contributed by atoms with Crippen LogP contribution in [0.1, 0.15) is 19.8 Å². The molecule has 1 fully saturated rings. The fourth-order valence-corrected chi connectivity index (χ4v) is 2.73. The first kappa shape index (κ1) is 16.3. The van der Waals surface area contributed by atoms with Gasteiger partial charge in [-0.15, -0.1) is 0 Å². The molecule has 0 aliphatic carbocycles. The zero-order valence-corrected chi connectivity index (χ0v) is 13.0. The quantitative estimate of drug-likeness (QED) is 0.728. The van der Waals surface area contributed by atoms with Crippen molar-refractivity contribution in [3.63, 3.8) is 0 Å². The van der Waals surface area contributed by atoms with Crippen molar-refractivity contribution >= 4 is 0 Å². The van der Waals surface area contributed by atoms with Crippen molar-refractivity contribution < 1.29 is 9.84 Å². The molecule has 1 aromatic rings. The first-order valence-corrected chi connectivity index (χ1v) is 8.03. The molecular formula is C17H28N2O2. The summed E-state index contributed by atoms with van der Waals surface area (Å²) in [7, 11) is 0. The molecule has 1 aliphatic rings. The van der Waals surface area contributed by atoms with E-state index in [1.54, 1.807) is 0 Å². The first-order valence-electron chi connectivity index (χ1n) is 8.03. The molecule has 0 aromatic heterocycles. The van der Waals surface area contributed by atoms with Crippen LogP contribution >= 0.6 is 0 Å². The number of aliphatic hydroxyl groups is 1. The summed E-state index contributed by atoms with van der Waals surface area (Å²) >= 11 is 0. The van der Waals surface area contributed by atoms with E-state index in [0.29, 0.717) is 19.1 Å². The van der Waals surface area contributed by atoms with Crippen LogP contribution in [0.2, 0.25) is 0 Å². The molecule has 0 radical (unpaired) electrons. The Morgan fingerprint density at radius 3 is 2.62 bits per heavy atom. The highest BCUT2D eigenvalue weighted by Crippen LogP contribution is 2.10. The van der Waals surface area contributed by atoms with E-state index in [9.17, 15) is 5.11 Å². The highest BCUT2D eigenvalue weighted by atomic mass is 16.5. The molecule has 0 bridgehead atoms. The van der Waals surface area contributed by atoms with E-state index in [1.807, 2.05) is 30.3 Å². The first-order chi connectivity index (χ1) is 10.2. The lowest BCUT2D eigenvalue weighted by Crippen LogP contribution is -2.36. The maximum Gasteiger partial charge on any atom is 0.119 e. The number of nitrogens with zero attached hydrogens (tertiary/aromatic N) is 1. The smallest absolute Gasteiger partial charge is 0.119 e. The highest BCUT2D eigenvalue weighted by Gasteiger charge is 2.14. The van der Waals surface area contributed by atoms with Gasteiger partial charge in [-0.05, 0) is 50.5 Å². The van der Waals surface area contributed by atoms with Crippen LogP contribution in [0.4, 0.5) is 0 Å². The van der Waals surface area contributed by atoms with Crippen molar-refractivity contribution in [3.8, 4) is 5.75 Å². The summed E-state index contributed by atoms with van der Waals surface area (Å²) in [6.07, 6.45) is 2.22. The lowest BCUT2D eigenvalue weighted by Gasteiger charge is -2.21. The maximum atomic E-state index is 9.91. The third-order valence-corrected chi connectivity index (χ3v) is 3.83. The van der Waals surface area contributed by atoms with E-state index in [4.69, 9.17) is 4.74 Å². The zero-order chi connectivity index (χ0) is 14.9. The lowest BCUT2D eigenvalue weighted by molar-refractivity contribution is 0.105. The van der Waals surface area contributed by atoms with Gasteiger partial charge in [0.1, 0.15) is 18.5 Å². The van der Waals surface area contributed by atoms with Gasteiger partial charge in [0.05, 0.1) is 0 Å². The standard InChI is InChI=1S/C17H28N2O2/c1-15(13-19-9-5-6-10-19)11-18-12-16(20)14-21-17-7-3-2-4-8-17/h2-4,7-8,15-16,18,20H,5-6,9-14H2,1H3. The maximum absolute atomic E-state index is 9.91. The number of rotatable bonds is 9. The van der Waals surface area contributed by atoms with Crippen molar-refractivity contribution in [1.29, 1.82) is 0 Å². The second-order valence-electron chi connectivity index (χ2n) is 6.05. The second-order valence-corrected chi connectivity index (χ2v) is 6.05. The van der Waals surface area contributed by atoms with Gasteiger partial charge in [0.25, 0.3) is 0 Å². The average Bonchev–Trinajstić information content (AvgIpc) is 2.99. The van der Waals surface area contributed by atoms with E-state index in [-0.39, 0.29) is 0 Å². The number of hydrogen-bond acceptors (Lipinski definition) is 4. The number of benzene rings is 1. The summed E-state index contributed by atoms with van der Waals surface area (Å²) in [5.41, 5.74) is 0. The molecule has 1 heterocycles. The molecule has 0 amide bonds. The molecule has 1 saturated heterocycles. The molecular weight excluding hydrogens is 264 g/mol. The van der Waals surface area contributed by atoms with Crippen LogP contribution in [0.15, 0.2) is 30.3 Å². The van der Waals surface area contributed by atoms with Crippen molar-refractivity contribution in [3.05, 3.63) is 30.3 Å². The Hall–Kier alpha value is -1.10. The van der Waals surface area contributed by atoms with Crippen LogP contribution in [0.5, 0.6) is 5.75 Å². The summed E-state index contributed by atoms with van der Waals surface area (Å²) in [6, 6.07) is 9.61. The van der Waals surface area contributed by atoms with E-state index >= 15 is 0 Å². The van der Waals surface area contributed by atoms with Crippen molar-refractivity contribution in [2.75, 3.05) is 39.3 Å². The molecule has 2 atom stereocenters. The molecule has 2 rings (SSSR count). The normalized spacial score (nSPS) is 18.6. The monoisotopic (exact) mass is 292 g/mol. The lowest BCUT2D eigenvalue weighted by atomic mass is 10.1. The van der Waals surface area contributed by atoms with Crippen molar-refractivity contribution in [1.82, 2.24) is 10.2 Å². The van der Waals surface area contributed by atoms with Crippen LogP contribution in [0, 0.1) is 5.92 Å². The van der Waals surface area contributed by atoms with Gasteiger partial charge in [-0.25, -0.2) is 0 Å². The van der Waals surface area contributed by atoms with Gasteiger partial charge in [0.2, 0.25) is 0 Å². The predicted molar refractivity (Wildman–Crippen MR) is 85.7 cm³/mol. The number of ether oxygens (including phenoxy) is 1. The molecule has 4 nitrogen and oxygen atoms in total. The molecule has 4 heteroatoms. The molecule has 0 saturated carbocycles. The number of para-hydroxylation sites is 1. The fraction of sp³-hybridized carbons (Fsp3) is 0.647. The minimum Gasteiger partial charge on any atom is -0.491 e. The van der Waals surface area contributed by atoms with Crippen LogP contribution in [0.25, 0.3) is 0 Å². The van der Waals surface area contributed by atoms with Gasteiger partial charge in [0, 0.05) is 13.1 Å². The Balaban J connectivity index is 1.53. The Kier molecular flexibility index (Phi) is 7.00. The topological polar surface area (TPSA) is 44.7 Å². The Morgan fingerprint density at radius 2 is 1.90 bits per heavy atom. The van der Waals surface area contributed by atoms with Crippen molar-refractivity contribution in [2.45, 2.75) is 25.9 Å². The summed E-state index contributed by atoms with van der Waals surface area (Å²) in [5.74, 6) is 1.42. The summed E-state index contributed by atoms with van der Waals surface area (Å²) in [5, 5.41) is 13.2. The third-order valence-electron chi connectivity index (χ3n) is 3.83. The highest BCUT2D eigenvalue weighted by molar-refractivity contribution is 5.20. The Labute approximate surface area is 128 Å². The largest absolute Gasteiger partial charge is 0.491 e. The fourth-order valence-electron chi connectivity index (χ4n) is 2.73. The summed E-state index contributed by atoms with van der Waals surface area (Å²) < 4.78 is 5.53. The number of aliphatic hydroxyl groups excluding tert-OH is 1. The molecule has 21 heavy (non-hydrogen) atoms. The Morgan fingerprint density at radius 1 is 1.19 bits per heavy atom. The average molecular weight is 292 g/mol.